The third-order valence-electron chi connectivity index (χ3n) is 5.63. The molecule has 1 aliphatic heterocycles. The summed E-state index contributed by atoms with van der Waals surface area (Å²) < 4.78 is 27.7. The number of hydrogen-bond donors (Lipinski definition) is 3. The zero-order valence-corrected chi connectivity index (χ0v) is 19.2. The molecule has 3 amide bonds. The molecule has 1 aromatic heterocycles. The van der Waals surface area contributed by atoms with Crippen molar-refractivity contribution in [3.8, 4) is 0 Å². The topological polar surface area (TPSA) is 86.4 Å². The maximum Gasteiger partial charge on any atom is 0.323 e. The third-order valence-corrected chi connectivity index (χ3v) is 5.94. The molecule has 4 rings (SSSR count). The van der Waals surface area contributed by atoms with Crippen LogP contribution >= 0.6 is 11.6 Å². The Morgan fingerprint density at radius 2 is 1.91 bits per heavy atom. The number of anilines is 4. The summed E-state index contributed by atoms with van der Waals surface area (Å²) in [4.78, 5) is 31.5. The van der Waals surface area contributed by atoms with Crippen LogP contribution in [0.3, 0.4) is 0 Å². The van der Waals surface area contributed by atoms with E-state index in [0.29, 0.717) is 17.9 Å². The number of aromatic nitrogens is 1. The minimum atomic E-state index is -0.764. The molecule has 0 fully saturated rings. The first-order chi connectivity index (χ1) is 16.3. The summed E-state index contributed by atoms with van der Waals surface area (Å²) in [5.74, 6) is -1.15. The first kappa shape index (κ1) is 23.4. The smallest absolute Gasteiger partial charge is 0.323 e. The van der Waals surface area contributed by atoms with Crippen molar-refractivity contribution in [2.45, 2.75) is 25.8 Å². The van der Waals surface area contributed by atoms with Gasteiger partial charge in [-0.15, -0.1) is 0 Å². The average Bonchev–Trinajstić information content (AvgIpc) is 2.82. The van der Waals surface area contributed by atoms with Crippen molar-refractivity contribution in [2.75, 3.05) is 27.9 Å². The monoisotopic (exact) mass is 485 g/mol. The van der Waals surface area contributed by atoms with Crippen LogP contribution in [-0.4, -0.2) is 24.0 Å². The van der Waals surface area contributed by atoms with E-state index in [0.717, 1.165) is 17.2 Å². The summed E-state index contributed by atoms with van der Waals surface area (Å²) in [6, 6.07) is 8.64. The lowest BCUT2D eigenvalue weighted by Gasteiger charge is -2.34. The lowest BCUT2D eigenvalue weighted by atomic mass is 9.88. The molecule has 0 saturated heterocycles. The van der Waals surface area contributed by atoms with Gasteiger partial charge in [0.05, 0.1) is 28.9 Å². The van der Waals surface area contributed by atoms with Gasteiger partial charge < -0.3 is 20.9 Å². The van der Waals surface area contributed by atoms with Crippen LogP contribution in [0.4, 0.5) is 36.5 Å². The number of amides is 3. The summed E-state index contributed by atoms with van der Waals surface area (Å²) in [6.45, 7) is 2.11. The normalized spacial score (nSPS) is 15.0. The molecule has 10 heteroatoms. The quantitative estimate of drug-likeness (QED) is 0.430. The number of hydrogen-bond acceptors (Lipinski definition) is 4. The fourth-order valence-corrected chi connectivity index (χ4v) is 4.17. The molecule has 0 bridgehead atoms. The summed E-state index contributed by atoms with van der Waals surface area (Å²) >= 11 is 6.32. The van der Waals surface area contributed by atoms with Crippen molar-refractivity contribution in [3.63, 3.8) is 0 Å². The van der Waals surface area contributed by atoms with Crippen LogP contribution in [0.25, 0.3) is 0 Å². The van der Waals surface area contributed by atoms with E-state index in [9.17, 15) is 18.4 Å². The van der Waals surface area contributed by atoms with Crippen LogP contribution in [0.15, 0.2) is 48.7 Å². The lowest BCUT2D eigenvalue weighted by molar-refractivity contribution is -0.120. The van der Waals surface area contributed by atoms with Gasteiger partial charge in [-0.3, -0.25) is 4.79 Å². The SMILES string of the molecule is CCC1C(=O)N(c2cc(NC(=O)Nc3ccc(F)cc3)c(F)cc2Cl)Cc2cnc(NC)cc21. The van der Waals surface area contributed by atoms with Gasteiger partial charge in [0.2, 0.25) is 5.91 Å². The summed E-state index contributed by atoms with van der Waals surface area (Å²) in [7, 11) is 1.76. The first-order valence-electron chi connectivity index (χ1n) is 10.6. The molecule has 7 nitrogen and oxygen atoms in total. The second kappa shape index (κ2) is 9.64. The van der Waals surface area contributed by atoms with Crippen molar-refractivity contribution in [1.82, 2.24) is 4.98 Å². The predicted octanol–water partition coefficient (Wildman–Crippen LogP) is 5.74. The van der Waals surface area contributed by atoms with Gasteiger partial charge in [-0.1, -0.05) is 18.5 Å². The van der Waals surface area contributed by atoms with Crippen molar-refractivity contribution in [3.05, 3.63) is 76.4 Å². The van der Waals surface area contributed by atoms with Gasteiger partial charge in [0.15, 0.2) is 0 Å². The van der Waals surface area contributed by atoms with E-state index in [-0.39, 0.29) is 28.8 Å². The Hall–Kier alpha value is -3.72. The molecule has 34 heavy (non-hydrogen) atoms. The Labute approximate surface area is 200 Å². The third kappa shape index (κ3) is 4.65. The molecular formula is C24H22ClF2N5O2. The number of rotatable bonds is 5. The average molecular weight is 486 g/mol. The highest BCUT2D eigenvalue weighted by Gasteiger charge is 2.34. The summed E-state index contributed by atoms with van der Waals surface area (Å²) in [5, 5.41) is 7.93. The standard InChI is InChI=1S/C24H22ClF2N5O2/c1-3-16-17-8-22(28-2)29-11-13(17)12-32(23(16)33)21-10-20(19(27)9-18(21)25)31-24(34)30-15-6-4-14(26)5-7-15/h4-11,16H,3,12H2,1-2H3,(H,28,29)(H2,30,31,34). The highest BCUT2D eigenvalue weighted by Crippen LogP contribution is 2.39. The first-order valence-corrected chi connectivity index (χ1v) is 11.0. The molecule has 2 aromatic carbocycles. The van der Waals surface area contributed by atoms with E-state index in [1.165, 1.54) is 35.2 Å². The van der Waals surface area contributed by atoms with Crippen molar-refractivity contribution in [2.24, 2.45) is 0 Å². The van der Waals surface area contributed by atoms with Gasteiger partial charge in [0, 0.05) is 18.9 Å². The number of nitrogens with zero attached hydrogens (tertiary/aromatic N) is 2. The number of nitrogens with one attached hydrogen (secondary N) is 3. The van der Waals surface area contributed by atoms with Gasteiger partial charge in [-0.2, -0.15) is 0 Å². The van der Waals surface area contributed by atoms with Crippen LogP contribution in [0.5, 0.6) is 0 Å². The van der Waals surface area contributed by atoms with Crippen LogP contribution < -0.4 is 20.9 Å². The van der Waals surface area contributed by atoms with Gasteiger partial charge in [0.25, 0.3) is 0 Å². The number of benzene rings is 2. The second-order valence-electron chi connectivity index (χ2n) is 7.77. The second-order valence-corrected chi connectivity index (χ2v) is 8.18. The summed E-state index contributed by atoms with van der Waals surface area (Å²) in [6.07, 6.45) is 2.26. The molecule has 3 aromatic rings. The number of carbonyl (C=O) groups excluding carboxylic acids is 2. The van der Waals surface area contributed by atoms with Gasteiger partial charge in [0.1, 0.15) is 17.5 Å². The van der Waals surface area contributed by atoms with E-state index in [4.69, 9.17) is 11.6 Å². The van der Waals surface area contributed by atoms with E-state index in [1.807, 2.05) is 13.0 Å². The fourth-order valence-electron chi connectivity index (χ4n) is 3.92. The molecule has 2 heterocycles. The van der Waals surface area contributed by atoms with Gasteiger partial charge >= 0.3 is 6.03 Å². The Bertz CT molecular complexity index is 1250. The largest absolute Gasteiger partial charge is 0.373 e. The Morgan fingerprint density at radius 3 is 2.59 bits per heavy atom. The van der Waals surface area contributed by atoms with E-state index < -0.39 is 23.6 Å². The Morgan fingerprint density at radius 1 is 1.18 bits per heavy atom. The molecule has 0 saturated carbocycles. The predicted molar refractivity (Wildman–Crippen MR) is 128 cm³/mol. The van der Waals surface area contributed by atoms with Crippen LogP contribution in [0.2, 0.25) is 5.02 Å². The molecule has 3 N–H and O–H groups in total. The van der Waals surface area contributed by atoms with E-state index in [1.54, 1.807) is 13.2 Å². The van der Waals surface area contributed by atoms with Crippen LogP contribution in [0, 0.1) is 11.6 Å². The summed E-state index contributed by atoms with van der Waals surface area (Å²) in [5.41, 5.74) is 2.18. The van der Waals surface area contributed by atoms with E-state index >= 15 is 0 Å². The van der Waals surface area contributed by atoms with Crippen LogP contribution in [0.1, 0.15) is 30.4 Å². The number of pyridine rings is 1. The maximum atomic E-state index is 14.6. The zero-order chi connectivity index (χ0) is 24.4. The minimum Gasteiger partial charge on any atom is -0.373 e. The Kier molecular flexibility index (Phi) is 6.65. The highest BCUT2D eigenvalue weighted by molar-refractivity contribution is 6.34. The molecule has 1 atom stereocenters. The van der Waals surface area contributed by atoms with Crippen molar-refractivity contribution >= 4 is 46.4 Å². The molecule has 0 radical (unpaired) electrons. The van der Waals surface area contributed by atoms with Crippen LogP contribution in [-0.2, 0) is 11.3 Å². The zero-order valence-electron chi connectivity index (χ0n) is 18.5. The fraction of sp³-hybridized carbons (Fsp3) is 0.208. The highest BCUT2D eigenvalue weighted by atomic mass is 35.5. The van der Waals surface area contributed by atoms with E-state index in [2.05, 4.69) is 20.9 Å². The van der Waals surface area contributed by atoms with Gasteiger partial charge in [-0.25, -0.2) is 18.6 Å². The molecule has 1 aliphatic rings. The molecule has 1 unspecified atom stereocenters. The molecule has 0 spiro atoms. The number of urea groups is 1. The molecule has 0 aliphatic carbocycles. The number of carbonyl (C=O) groups is 2. The van der Waals surface area contributed by atoms with Gasteiger partial charge in [-0.05, 0) is 60.0 Å². The molecular weight excluding hydrogens is 464 g/mol. The van der Waals surface area contributed by atoms with Crippen molar-refractivity contribution in [1.29, 1.82) is 0 Å². The number of halogens is 3. The maximum absolute atomic E-state index is 14.6. The Balaban J connectivity index is 1.62. The molecule has 176 valence electrons. The van der Waals surface area contributed by atoms with Crippen molar-refractivity contribution < 1.29 is 18.4 Å². The lowest BCUT2D eigenvalue weighted by Crippen LogP contribution is -2.39. The minimum absolute atomic E-state index is 0.0356. The number of fused-ring (bicyclic) bond motifs is 1.